The predicted octanol–water partition coefficient (Wildman–Crippen LogP) is 8.34. The number of nitrogens with one attached hydrogen (secondary N) is 1. The highest BCUT2D eigenvalue weighted by Gasteiger charge is 2.27. The van der Waals surface area contributed by atoms with Crippen LogP contribution in [0.2, 0.25) is 0 Å². The number of anilines is 4. The number of sulfone groups is 1. The first kappa shape index (κ1) is 53.9. The molecule has 12 N–H and O–H groups in total. The minimum atomic E-state index is -5.24. The summed E-state index contributed by atoms with van der Waals surface area (Å²) in [5.41, 5.74) is 18.0. The molecule has 0 amide bonds. The molecule has 0 heterocycles. The second-order valence-electron chi connectivity index (χ2n) is 14.0. The van der Waals surface area contributed by atoms with Crippen LogP contribution in [0.25, 0.3) is 10.8 Å². The number of aromatic hydroxyl groups is 1. The van der Waals surface area contributed by atoms with E-state index in [0.29, 0.717) is 28.8 Å². The Hall–Kier alpha value is -6.48. The van der Waals surface area contributed by atoms with E-state index in [0.717, 1.165) is 42.0 Å². The molecule has 0 radical (unpaired) electrons. The third-order valence-electron chi connectivity index (χ3n) is 9.33. The van der Waals surface area contributed by atoms with Gasteiger partial charge in [0, 0.05) is 11.4 Å². The van der Waals surface area contributed by atoms with E-state index in [1.807, 2.05) is 0 Å². The van der Waals surface area contributed by atoms with Crippen molar-refractivity contribution < 1.29 is 81.3 Å². The van der Waals surface area contributed by atoms with Gasteiger partial charge in [0.25, 0.3) is 30.3 Å². The molecule has 6 aromatic carbocycles. The zero-order valence-electron chi connectivity index (χ0n) is 35.5. The number of aryl methyl sites for hydroxylation is 1. The first-order valence-corrected chi connectivity index (χ1v) is 26.3. The van der Waals surface area contributed by atoms with E-state index in [9.17, 15) is 47.9 Å². The fourth-order valence-electron chi connectivity index (χ4n) is 5.97. The van der Waals surface area contributed by atoms with Gasteiger partial charge in [-0.15, -0.1) is 29.1 Å². The summed E-state index contributed by atoms with van der Waals surface area (Å²) in [6, 6.07) is 17.9. The van der Waals surface area contributed by atoms with Gasteiger partial charge in [0.05, 0.1) is 67.2 Å². The number of sulfonamides is 1. The SMILES string of the molecule is Cc1cc(N=Nc2ccc(NS(=O)(=O)c3ccc(N=Nc4c(S(=O)(=O)O)cc5cc(SOOO)c(N=Nc6ccc(S(=O)(=O)CCOSOOO)cc6S(=O)(=O)O)c(N)c5c4O)cc3)cc2)c(N)cc1N. The maximum absolute atomic E-state index is 13.3. The highest BCUT2D eigenvalue weighted by Crippen LogP contribution is 2.50. The number of benzene rings is 6. The number of azo groups is 3. The molecule has 28 nitrogen and oxygen atoms in total. The van der Waals surface area contributed by atoms with Crippen LogP contribution in [0.15, 0.2) is 146 Å². The summed E-state index contributed by atoms with van der Waals surface area (Å²) in [5, 5.41) is 58.4. The van der Waals surface area contributed by atoms with Gasteiger partial charge in [0.1, 0.15) is 32.5 Å². The van der Waals surface area contributed by atoms with Gasteiger partial charge >= 0.3 is 0 Å². The number of hydrogen-bond donors (Lipinski definition) is 9. The summed E-state index contributed by atoms with van der Waals surface area (Å²) in [4.78, 5) is -3.22. The molecular weight excluding hydrogens is 1060 g/mol. The van der Waals surface area contributed by atoms with E-state index in [1.165, 1.54) is 36.4 Å². The molecule has 6 rings (SSSR count). The van der Waals surface area contributed by atoms with Crippen LogP contribution in [0.4, 0.5) is 56.9 Å². The van der Waals surface area contributed by atoms with Gasteiger partial charge in [-0.05, 0) is 109 Å². The van der Waals surface area contributed by atoms with Crippen LogP contribution < -0.4 is 21.9 Å². The maximum Gasteiger partial charge on any atom is 0.296 e. The molecule has 6 aromatic rings. The number of rotatable bonds is 21. The van der Waals surface area contributed by atoms with Crippen molar-refractivity contribution in [3.8, 4) is 5.75 Å². The van der Waals surface area contributed by atoms with Crippen molar-refractivity contribution in [3.05, 3.63) is 96.6 Å². The van der Waals surface area contributed by atoms with Crippen molar-refractivity contribution in [1.82, 2.24) is 0 Å². The Morgan fingerprint density at radius 2 is 1.23 bits per heavy atom. The van der Waals surface area contributed by atoms with Crippen molar-refractivity contribution in [2.24, 2.45) is 30.7 Å². The van der Waals surface area contributed by atoms with Gasteiger partial charge in [-0.3, -0.25) is 18.0 Å². The molecule has 0 aliphatic carbocycles. The Balaban J connectivity index is 1.30. The smallest absolute Gasteiger partial charge is 0.296 e. The maximum atomic E-state index is 13.3. The first-order chi connectivity index (χ1) is 33.4. The number of phenols is 1. The Labute approximate surface area is 410 Å². The Bertz CT molecular complexity index is 3550. The lowest BCUT2D eigenvalue weighted by Gasteiger charge is -2.14. The van der Waals surface area contributed by atoms with Crippen molar-refractivity contribution in [1.29, 1.82) is 0 Å². The zero-order valence-corrected chi connectivity index (χ0v) is 40.4. The molecule has 0 spiro atoms. The minimum Gasteiger partial charge on any atom is -0.505 e. The summed E-state index contributed by atoms with van der Waals surface area (Å²) in [5.74, 6) is -1.78. The number of fused-ring (bicyclic) bond motifs is 1. The van der Waals surface area contributed by atoms with E-state index < -0.39 is 101 Å². The van der Waals surface area contributed by atoms with Crippen LogP contribution in [0.3, 0.4) is 0 Å². The van der Waals surface area contributed by atoms with Crippen LogP contribution in [-0.4, -0.2) is 70.8 Å². The van der Waals surface area contributed by atoms with Gasteiger partial charge in [-0.1, -0.05) is 10.1 Å². The fraction of sp³-hybridized carbons (Fsp3) is 0.0811. The van der Waals surface area contributed by atoms with Crippen LogP contribution >= 0.6 is 24.4 Å². The topological polar surface area (TPSA) is 448 Å². The predicted molar refractivity (Wildman–Crippen MR) is 253 cm³/mol. The molecular formula is C37H34N10O18S6. The third kappa shape index (κ3) is 13.3. The standard InChI is InChI=1S/C37H34N10O18S6/c1-19-14-29(27(39)18-26(19)38)44-41-21-2-4-23(5-3-21)47-69(53,54)24-8-6-22(7-9-24)42-46-36-32(71(58,59)60)16-20-15-30(66-64-62-49)35(34(40)33(20)37(36)48)45-43-28-11-10-25(17-31(28)70(55,56)57)68(51,52)13-12-61-67-65-63-50/h2-11,14-18,47-50H,12-13,38-40H2,1H3,(H,55,56,57)(H,58,59,60). The third-order valence-corrected chi connectivity index (χ3v) is 15.2. The number of nitrogens with two attached hydrogens (primary N) is 3. The van der Waals surface area contributed by atoms with E-state index >= 15 is 0 Å². The molecule has 71 heavy (non-hydrogen) atoms. The number of nitrogens with zero attached hydrogens (tertiary/aromatic N) is 6. The van der Waals surface area contributed by atoms with Crippen molar-refractivity contribution in [2.45, 2.75) is 31.4 Å². The Morgan fingerprint density at radius 1 is 0.634 bits per heavy atom. The van der Waals surface area contributed by atoms with Crippen LogP contribution in [0, 0.1) is 6.92 Å². The molecule has 0 bridgehead atoms. The quantitative estimate of drug-likeness (QED) is 0.00621. The van der Waals surface area contributed by atoms with Crippen LogP contribution in [0.1, 0.15) is 5.56 Å². The lowest BCUT2D eigenvalue weighted by molar-refractivity contribution is -0.434. The molecule has 0 atom stereocenters. The van der Waals surface area contributed by atoms with Crippen molar-refractivity contribution in [2.75, 3.05) is 34.3 Å². The Kier molecular flexibility index (Phi) is 16.9. The molecule has 34 heteroatoms. The lowest BCUT2D eigenvalue weighted by Crippen LogP contribution is -2.12. The largest absolute Gasteiger partial charge is 0.505 e. The average molecular weight is 1100 g/mol. The first-order valence-electron chi connectivity index (χ1n) is 18.9. The number of nitrogen functional groups attached to an aromatic ring is 3. The van der Waals surface area contributed by atoms with Crippen LogP contribution in [0.5, 0.6) is 5.75 Å². The molecule has 0 aliphatic heterocycles. The molecule has 376 valence electrons. The van der Waals surface area contributed by atoms with Gasteiger partial charge in [0.15, 0.2) is 27.9 Å². The summed E-state index contributed by atoms with van der Waals surface area (Å²) in [7, 11) is -19.0. The molecule has 0 aliphatic rings. The van der Waals surface area contributed by atoms with Gasteiger partial charge in [-0.25, -0.2) is 27.4 Å². The van der Waals surface area contributed by atoms with Crippen LogP contribution in [-0.2, 0) is 63.0 Å². The number of hydrogen-bond acceptors (Lipinski definition) is 27. The second kappa shape index (κ2) is 22.3. The second-order valence-corrected chi connectivity index (χ2v) is 21.8. The molecule has 0 saturated heterocycles. The highest BCUT2D eigenvalue weighted by atomic mass is 32.2. The van der Waals surface area contributed by atoms with Gasteiger partial charge < -0.3 is 22.3 Å². The van der Waals surface area contributed by atoms with E-state index in [4.69, 9.17) is 31.9 Å². The lowest BCUT2D eigenvalue weighted by atomic mass is 10.1. The monoisotopic (exact) mass is 1100 g/mol. The minimum absolute atomic E-state index is 0.0865. The highest BCUT2D eigenvalue weighted by molar-refractivity contribution is 7.94. The number of phenolic OH excluding ortho intramolecular Hbond substituents is 1. The summed E-state index contributed by atoms with van der Waals surface area (Å²) in [6.07, 6.45) is 0. The van der Waals surface area contributed by atoms with Crippen molar-refractivity contribution >= 4 is 132 Å². The zero-order chi connectivity index (χ0) is 51.9. The van der Waals surface area contributed by atoms with Gasteiger partial charge in [-0.2, -0.15) is 27.1 Å². The summed E-state index contributed by atoms with van der Waals surface area (Å²) in [6.45, 7) is 1.24. The normalized spacial score (nSPS) is 12.7. The molecule has 0 aromatic heterocycles. The fourth-order valence-corrected chi connectivity index (χ4v) is 10.3. The van der Waals surface area contributed by atoms with E-state index in [1.54, 1.807) is 19.1 Å². The van der Waals surface area contributed by atoms with Crippen molar-refractivity contribution in [3.63, 3.8) is 0 Å². The molecule has 0 saturated carbocycles. The van der Waals surface area contributed by atoms with Gasteiger partial charge in [0.2, 0.25) is 0 Å². The summed E-state index contributed by atoms with van der Waals surface area (Å²) < 4.78 is 138. The average Bonchev–Trinajstić information content (AvgIpc) is 3.30. The van der Waals surface area contributed by atoms with E-state index in [-0.39, 0.29) is 50.9 Å². The van der Waals surface area contributed by atoms with E-state index in [2.05, 4.69) is 54.2 Å². The summed E-state index contributed by atoms with van der Waals surface area (Å²) >= 11 is 0.268. The molecule has 0 fully saturated rings. The molecule has 0 unspecified atom stereocenters. The Morgan fingerprint density at radius 3 is 1.86 bits per heavy atom.